The summed E-state index contributed by atoms with van der Waals surface area (Å²) in [5.74, 6) is 1.11. The maximum Gasteiger partial charge on any atom is 0.323 e. The second-order valence-electron chi connectivity index (χ2n) is 5.33. The summed E-state index contributed by atoms with van der Waals surface area (Å²) in [6.45, 7) is 5.79. The van der Waals surface area contributed by atoms with Crippen LogP contribution in [0.25, 0.3) is 0 Å². The Morgan fingerprint density at radius 2 is 2.18 bits per heavy atom. The highest BCUT2D eigenvalue weighted by molar-refractivity contribution is 5.76. The molecule has 1 aliphatic carbocycles. The molecule has 2 fully saturated rings. The fraction of sp³-hybridized carbons (Fsp3) is 0.923. The van der Waals surface area contributed by atoms with Crippen molar-refractivity contribution in [2.75, 3.05) is 19.8 Å². The lowest BCUT2D eigenvalue weighted by Gasteiger charge is -2.17. The van der Waals surface area contributed by atoms with Gasteiger partial charge in [0.2, 0.25) is 0 Å². The Hall–Kier alpha value is -0.610. The van der Waals surface area contributed by atoms with Crippen LogP contribution in [0.4, 0.5) is 0 Å². The van der Waals surface area contributed by atoms with E-state index in [1.165, 1.54) is 19.3 Å². The van der Waals surface area contributed by atoms with Crippen LogP contribution in [0.5, 0.6) is 0 Å². The molecule has 98 valence electrons. The Morgan fingerprint density at radius 1 is 1.35 bits per heavy atom. The van der Waals surface area contributed by atoms with Crippen LogP contribution >= 0.6 is 0 Å². The van der Waals surface area contributed by atoms with E-state index < -0.39 is 0 Å². The molecule has 3 unspecified atom stereocenters. The van der Waals surface area contributed by atoms with Crippen molar-refractivity contribution < 1.29 is 14.3 Å². The first-order valence-corrected chi connectivity index (χ1v) is 6.70. The molecule has 1 aliphatic heterocycles. The zero-order chi connectivity index (χ0) is 12.3. The van der Waals surface area contributed by atoms with Crippen molar-refractivity contribution in [2.24, 2.45) is 11.8 Å². The summed E-state index contributed by atoms with van der Waals surface area (Å²) in [5.41, 5.74) is 0. The molecule has 0 spiro atoms. The van der Waals surface area contributed by atoms with Gasteiger partial charge < -0.3 is 14.8 Å². The summed E-state index contributed by atoms with van der Waals surface area (Å²) in [6, 6.07) is -0.0680. The number of nitrogens with one attached hydrogen (secondary N) is 1. The van der Waals surface area contributed by atoms with Crippen molar-refractivity contribution in [3.63, 3.8) is 0 Å². The van der Waals surface area contributed by atoms with E-state index in [1.807, 2.05) is 13.8 Å². The smallest absolute Gasteiger partial charge is 0.323 e. The number of carbonyl (C=O) groups is 1. The van der Waals surface area contributed by atoms with Gasteiger partial charge in [0.25, 0.3) is 0 Å². The lowest BCUT2D eigenvalue weighted by Crippen LogP contribution is -2.37. The molecular weight excluding hydrogens is 218 g/mol. The van der Waals surface area contributed by atoms with Gasteiger partial charge in [-0.3, -0.25) is 4.79 Å². The van der Waals surface area contributed by atoms with Crippen LogP contribution in [0.2, 0.25) is 0 Å². The Balaban J connectivity index is 1.69. The van der Waals surface area contributed by atoms with Crippen molar-refractivity contribution in [3.05, 3.63) is 0 Å². The lowest BCUT2D eigenvalue weighted by atomic mass is 9.94. The average Bonchev–Trinajstić information content (AvgIpc) is 2.85. The Labute approximate surface area is 103 Å². The van der Waals surface area contributed by atoms with Crippen LogP contribution in [0.3, 0.4) is 0 Å². The van der Waals surface area contributed by atoms with E-state index in [0.29, 0.717) is 25.0 Å². The molecule has 0 aromatic heterocycles. The molecule has 3 atom stereocenters. The van der Waals surface area contributed by atoms with Crippen LogP contribution in [0.1, 0.15) is 33.1 Å². The molecule has 4 nitrogen and oxygen atoms in total. The third-order valence-electron chi connectivity index (χ3n) is 3.78. The highest BCUT2D eigenvalue weighted by Gasteiger charge is 2.43. The van der Waals surface area contributed by atoms with E-state index in [4.69, 9.17) is 9.47 Å². The summed E-state index contributed by atoms with van der Waals surface area (Å²) in [7, 11) is 0. The van der Waals surface area contributed by atoms with Gasteiger partial charge in [-0.25, -0.2) is 0 Å². The summed E-state index contributed by atoms with van der Waals surface area (Å²) in [5, 5.41) is 3.29. The van der Waals surface area contributed by atoms with E-state index in [9.17, 15) is 4.79 Å². The highest BCUT2D eigenvalue weighted by atomic mass is 16.6. The molecule has 0 aromatic rings. The number of hydrogen-bond donors (Lipinski definition) is 1. The SMILES string of the molecule is CC(C)OCCOC(=O)C1NCC2CCCC21. The van der Waals surface area contributed by atoms with E-state index in [1.54, 1.807) is 0 Å². The molecule has 0 amide bonds. The van der Waals surface area contributed by atoms with Crippen LogP contribution in [-0.4, -0.2) is 37.9 Å². The molecule has 4 heteroatoms. The van der Waals surface area contributed by atoms with Gasteiger partial charge in [-0.2, -0.15) is 0 Å². The predicted octanol–water partition coefficient (Wildman–Crippen LogP) is 1.34. The quantitative estimate of drug-likeness (QED) is 0.583. The fourth-order valence-corrected chi connectivity index (χ4v) is 2.96. The average molecular weight is 241 g/mol. The predicted molar refractivity (Wildman–Crippen MR) is 64.7 cm³/mol. The van der Waals surface area contributed by atoms with Crippen LogP contribution in [-0.2, 0) is 14.3 Å². The molecule has 1 saturated heterocycles. The Kier molecular flexibility index (Phi) is 4.40. The van der Waals surface area contributed by atoms with E-state index >= 15 is 0 Å². The van der Waals surface area contributed by atoms with Gasteiger partial charge >= 0.3 is 5.97 Å². The van der Waals surface area contributed by atoms with Crippen molar-refractivity contribution in [3.8, 4) is 0 Å². The molecule has 2 rings (SSSR count). The molecule has 0 bridgehead atoms. The standard InChI is InChI=1S/C13H23NO3/c1-9(2)16-6-7-17-13(15)12-11-5-3-4-10(11)8-14-12/h9-12,14H,3-8H2,1-2H3. The second-order valence-corrected chi connectivity index (χ2v) is 5.33. The minimum absolute atomic E-state index is 0.0680. The van der Waals surface area contributed by atoms with Crippen molar-refractivity contribution in [1.82, 2.24) is 5.32 Å². The third-order valence-corrected chi connectivity index (χ3v) is 3.78. The number of ether oxygens (including phenoxy) is 2. The molecule has 1 saturated carbocycles. The largest absolute Gasteiger partial charge is 0.462 e. The topological polar surface area (TPSA) is 47.6 Å². The van der Waals surface area contributed by atoms with Gasteiger partial charge in [0.05, 0.1) is 12.7 Å². The molecule has 2 aliphatic rings. The molecule has 0 radical (unpaired) electrons. The van der Waals surface area contributed by atoms with E-state index in [-0.39, 0.29) is 18.1 Å². The Morgan fingerprint density at radius 3 is 2.94 bits per heavy atom. The molecule has 17 heavy (non-hydrogen) atoms. The minimum atomic E-state index is -0.0910. The minimum Gasteiger partial charge on any atom is -0.462 e. The lowest BCUT2D eigenvalue weighted by molar-refractivity contribution is -0.149. The normalized spacial score (nSPS) is 31.8. The maximum atomic E-state index is 11.9. The van der Waals surface area contributed by atoms with Gasteiger partial charge in [-0.15, -0.1) is 0 Å². The summed E-state index contributed by atoms with van der Waals surface area (Å²) < 4.78 is 10.6. The first-order valence-electron chi connectivity index (χ1n) is 6.70. The summed E-state index contributed by atoms with van der Waals surface area (Å²) >= 11 is 0. The highest BCUT2D eigenvalue weighted by Crippen LogP contribution is 2.37. The van der Waals surface area contributed by atoms with Crippen LogP contribution in [0, 0.1) is 11.8 Å². The van der Waals surface area contributed by atoms with Crippen LogP contribution in [0.15, 0.2) is 0 Å². The van der Waals surface area contributed by atoms with Crippen LogP contribution < -0.4 is 5.32 Å². The van der Waals surface area contributed by atoms with Gasteiger partial charge in [0.15, 0.2) is 0 Å². The van der Waals surface area contributed by atoms with Crippen molar-refractivity contribution >= 4 is 5.97 Å². The third kappa shape index (κ3) is 3.19. The molecule has 1 N–H and O–H groups in total. The van der Waals surface area contributed by atoms with Gasteiger partial charge in [-0.05, 0) is 45.1 Å². The first-order chi connectivity index (χ1) is 8.18. The second kappa shape index (κ2) is 5.83. The first kappa shape index (κ1) is 12.8. The summed E-state index contributed by atoms with van der Waals surface area (Å²) in [4.78, 5) is 11.9. The van der Waals surface area contributed by atoms with Gasteiger partial charge in [-0.1, -0.05) is 6.42 Å². The van der Waals surface area contributed by atoms with E-state index in [0.717, 1.165) is 6.54 Å². The number of esters is 1. The number of hydrogen-bond acceptors (Lipinski definition) is 4. The maximum absolute atomic E-state index is 11.9. The molecular formula is C13H23NO3. The number of rotatable bonds is 5. The Bertz CT molecular complexity index is 267. The van der Waals surface area contributed by atoms with Gasteiger partial charge in [0, 0.05) is 0 Å². The molecule has 0 aromatic carbocycles. The monoisotopic (exact) mass is 241 g/mol. The van der Waals surface area contributed by atoms with E-state index in [2.05, 4.69) is 5.32 Å². The zero-order valence-electron chi connectivity index (χ0n) is 10.8. The summed E-state index contributed by atoms with van der Waals surface area (Å²) in [6.07, 6.45) is 3.88. The fourth-order valence-electron chi connectivity index (χ4n) is 2.96. The van der Waals surface area contributed by atoms with Crippen molar-refractivity contribution in [2.45, 2.75) is 45.3 Å². The molecule has 1 heterocycles. The van der Waals surface area contributed by atoms with Gasteiger partial charge in [0.1, 0.15) is 12.6 Å². The zero-order valence-corrected chi connectivity index (χ0v) is 10.8. The number of carbonyl (C=O) groups excluding carboxylic acids is 1. The van der Waals surface area contributed by atoms with Crippen molar-refractivity contribution in [1.29, 1.82) is 0 Å². The number of fused-ring (bicyclic) bond motifs is 1.